The molecule has 0 spiro atoms. The molecule has 3 rings (SSSR count). The summed E-state index contributed by atoms with van der Waals surface area (Å²) in [5, 5.41) is 10.3. The van der Waals surface area contributed by atoms with Crippen LogP contribution in [0.15, 0.2) is 36.4 Å². The molecule has 0 unspecified atom stereocenters. The smallest absolute Gasteiger partial charge is 0.161 e. The molecule has 3 aromatic rings. The zero-order valence-electron chi connectivity index (χ0n) is 13.0. The van der Waals surface area contributed by atoms with Gasteiger partial charge in [0.05, 0.1) is 0 Å². The largest absolute Gasteiger partial charge is 0.323 e. The lowest BCUT2D eigenvalue weighted by atomic mass is 10.1. The number of H-pyrrole nitrogens is 1. The Balaban J connectivity index is 1.97. The van der Waals surface area contributed by atoms with Gasteiger partial charge in [0.1, 0.15) is 5.82 Å². The highest BCUT2D eigenvalue weighted by atomic mass is 15.2. The van der Waals surface area contributed by atoms with Gasteiger partial charge in [0.2, 0.25) is 0 Å². The molecule has 0 atom stereocenters. The predicted molar refractivity (Wildman–Crippen MR) is 88.2 cm³/mol. The number of hydrogen-bond donors (Lipinski definition) is 2. The van der Waals surface area contributed by atoms with E-state index in [-0.39, 0.29) is 0 Å². The molecule has 2 N–H and O–H groups in total. The van der Waals surface area contributed by atoms with Crippen molar-refractivity contribution in [2.24, 2.45) is 0 Å². The van der Waals surface area contributed by atoms with E-state index in [1.165, 1.54) is 5.56 Å². The van der Waals surface area contributed by atoms with Crippen molar-refractivity contribution in [3.05, 3.63) is 53.3 Å². The number of benzene rings is 1. The molecule has 0 aliphatic heterocycles. The molecule has 2 aromatic heterocycles. The molecule has 2 heterocycles. The number of aromatic nitrogens is 4. The molecule has 0 fully saturated rings. The Morgan fingerprint density at radius 3 is 2.41 bits per heavy atom. The van der Waals surface area contributed by atoms with Crippen LogP contribution in [-0.2, 0) is 6.42 Å². The van der Waals surface area contributed by atoms with Crippen LogP contribution in [-0.4, -0.2) is 20.2 Å². The van der Waals surface area contributed by atoms with Gasteiger partial charge in [-0.05, 0) is 20.3 Å². The van der Waals surface area contributed by atoms with Gasteiger partial charge in [-0.3, -0.25) is 5.10 Å². The summed E-state index contributed by atoms with van der Waals surface area (Å²) < 4.78 is 0. The predicted octanol–water partition coefficient (Wildman–Crippen LogP) is 3.79. The number of aromatic amines is 1. The zero-order valence-corrected chi connectivity index (χ0v) is 13.0. The number of anilines is 2. The molecule has 0 aliphatic carbocycles. The van der Waals surface area contributed by atoms with E-state index in [0.29, 0.717) is 0 Å². The molecule has 22 heavy (non-hydrogen) atoms. The molecule has 0 saturated heterocycles. The molecular formula is C17H19N5. The van der Waals surface area contributed by atoms with E-state index < -0.39 is 0 Å². The second kappa shape index (κ2) is 5.97. The first-order valence-corrected chi connectivity index (χ1v) is 7.38. The summed E-state index contributed by atoms with van der Waals surface area (Å²) in [7, 11) is 0. The van der Waals surface area contributed by atoms with E-state index in [1.54, 1.807) is 0 Å². The highest BCUT2D eigenvalue weighted by Crippen LogP contribution is 2.21. The van der Waals surface area contributed by atoms with Crippen molar-refractivity contribution in [1.29, 1.82) is 0 Å². The van der Waals surface area contributed by atoms with Gasteiger partial charge in [0, 0.05) is 29.1 Å². The first-order chi connectivity index (χ1) is 10.6. The van der Waals surface area contributed by atoms with Crippen LogP contribution < -0.4 is 5.32 Å². The van der Waals surface area contributed by atoms with Crippen molar-refractivity contribution in [1.82, 2.24) is 20.2 Å². The molecule has 0 saturated carbocycles. The normalized spacial score (nSPS) is 10.7. The number of aryl methyl sites for hydroxylation is 3. The second-order valence-corrected chi connectivity index (χ2v) is 5.35. The summed E-state index contributed by atoms with van der Waals surface area (Å²) in [5.41, 5.74) is 4.24. The first kappa shape index (κ1) is 14.3. The van der Waals surface area contributed by atoms with Crippen molar-refractivity contribution in [3.63, 3.8) is 0 Å². The summed E-state index contributed by atoms with van der Waals surface area (Å²) in [6, 6.07) is 12.1. The van der Waals surface area contributed by atoms with E-state index in [0.717, 1.165) is 40.8 Å². The van der Waals surface area contributed by atoms with Crippen LogP contribution in [0.1, 0.15) is 23.9 Å². The number of nitrogens with zero attached hydrogens (tertiary/aromatic N) is 3. The average Bonchev–Trinajstić information content (AvgIpc) is 2.92. The van der Waals surface area contributed by atoms with Crippen LogP contribution in [0.3, 0.4) is 0 Å². The fourth-order valence-electron chi connectivity index (χ4n) is 2.19. The van der Waals surface area contributed by atoms with E-state index in [2.05, 4.69) is 51.5 Å². The highest BCUT2D eigenvalue weighted by molar-refractivity contribution is 5.60. The quantitative estimate of drug-likeness (QED) is 0.768. The second-order valence-electron chi connectivity index (χ2n) is 5.35. The molecule has 0 bridgehead atoms. The first-order valence-electron chi connectivity index (χ1n) is 7.38. The summed E-state index contributed by atoms with van der Waals surface area (Å²) in [4.78, 5) is 9.23. The number of nitrogens with one attached hydrogen (secondary N) is 2. The molecule has 0 amide bonds. The van der Waals surface area contributed by atoms with Crippen molar-refractivity contribution in [3.8, 4) is 11.4 Å². The average molecular weight is 293 g/mol. The number of hydrogen-bond acceptors (Lipinski definition) is 4. The topological polar surface area (TPSA) is 66.5 Å². The van der Waals surface area contributed by atoms with Crippen LogP contribution in [0.2, 0.25) is 0 Å². The molecule has 1 aromatic carbocycles. The Morgan fingerprint density at radius 1 is 1.00 bits per heavy atom. The minimum Gasteiger partial charge on any atom is -0.323 e. The van der Waals surface area contributed by atoms with Crippen molar-refractivity contribution >= 4 is 11.6 Å². The van der Waals surface area contributed by atoms with Gasteiger partial charge in [-0.25, -0.2) is 9.97 Å². The third-order valence-corrected chi connectivity index (χ3v) is 3.41. The Bertz CT molecular complexity index is 774. The summed E-state index contributed by atoms with van der Waals surface area (Å²) in [6.45, 7) is 6.12. The molecule has 0 aliphatic rings. The summed E-state index contributed by atoms with van der Waals surface area (Å²) >= 11 is 0. The van der Waals surface area contributed by atoms with Crippen molar-refractivity contribution in [2.75, 3.05) is 5.32 Å². The lowest BCUT2D eigenvalue weighted by Crippen LogP contribution is -2.01. The molecule has 5 heteroatoms. The van der Waals surface area contributed by atoms with Crippen LogP contribution in [0, 0.1) is 13.8 Å². The SMILES string of the molecule is CCc1cc(Nc2cc(C)[nH]n2)nc(-c2ccc(C)cc2)n1. The van der Waals surface area contributed by atoms with Crippen LogP contribution in [0.25, 0.3) is 11.4 Å². The van der Waals surface area contributed by atoms with Crippen molar-refractivity contribution in [2.45, 2.75) is 27.2 Å². The Morgan fingerprint density at radius 2 is 1.77 bits per heavy atom. The Kier molecular flexibility index (Phi) is 3.87. The fourth-order valence-corrected chi connectivity index (χ4v) is 2.19. The molecule has 112 valence electrons. The maximum absolute atomic E-state index is 4.62. The van der Waals surface area contributed by atoms with E-state index in [9.17, 15) is 0 Å². The van der Waals surface area contributed by atoms with Crippen LogP contribution >= 0.6 is 0 Å². The van der Waals surface area contributed by atoms with Gasteiger partial charge in [-0.15, -0.1) is 0 Å². The maximum Gasteiger partial charge on any atom is 0.161 e. The molecule has 0 radical (unpaired) electrons. The molecular weight excluding hydrogens is 274 g/mol. The fraction of sp³-hybridized carbons (Fsp3) is 0.235. The van der Waals surface area contributed by atoms with Crippen LogP contribution in [0.4, 0.5) is 11.6 Å². The van der Waals surface area contributed by atoms with Gasteiger partial charge in [-0.2, -0.15) is 5.10 Å². The maximum atomic E-state index is 4.62. The summed E-state index contributed by atoms with van der Waals surface area (Å²) in [6.07, 6.45) is 0.857. The Labute approximate surface area is 129 Å². The van der Waals surface area contributed by atoms with E-state index >= 15 is 0 Å². The molecule has 5 nitrogen and oxygen atoms in total. The van der Waals surface area contributed by atoms with E-state index in [1.807, 2.05) is 31.2 Å². The lowest BCUT2D eigenvalue weighted by Gasteiger charge is -2.08. The van der Waals surface area contributed by atoms with E-state index in [4.69, 9.17) is 0 Å². The lowest BCUT2D eigenvalue weighted by molar-refractivity contribution is 1.00. The zero-order chi connectivity index (χ0) is 15.5. The van der Waals surface area contributed by atoms with Gasteiger partial charge < -0.3 is 5.32 Å². The van der Waals surface area contributed by atoms with Crippen molar-refractivity contribution < 1.29 is 0 Å². The monoisotopic (exact) mass is 293 g/mol. The van der Waals surface area contributed by atoms with Gasteiger partial charge >= 0.3 is 0 Å². The standard InChI is InChI=1S/C17H19N5/c1-4-14-10-15(19-16-9-12(3)21-22-16)20-17(18-14)13-7-5-11(2)6-8-13/h5-10H,4H2,1-3H3,(H2,18,19,20,21,22). The van der Waals surface area contributed by atoms with Crippen LogP contribution in [0.5, 0.6) is 0 Å². The van der Waals surface area contributed by atoms with Gasteiger partial charge in [-0.1, -0.05) is 36.8 Å². The number of rotatable bonds is 4. The summed E-state index contributed by atoms with van der Waals surface area (Å²) in [5.74, 6) is 2.25. The highest BCUT2D eigenvalue weighted by Gasteiger charge is 2.07. The van der Waals surface area contributed by atoms with Gasteiger partial charge in [0.25, 0.3) is 0 Å². The van der Waals surface area contributed by atoms with Gasteiger partial charge in [0.15, 0.2) is 11.6 Å². The third kappa shape index (κ3) is 3.14. The Hall–Kier alpha value is -2.69. The minimum atomic E-state index is 0.731. The minimum absolute atomic E-state index is 0.731. The third-order valence-electron chi connectivity index (χ3n) is 3.41.